The molecule has 21 heavy (non-hydrogen) atoms. The standard InChI is InChI=1S/C13H23N7O/c1-3-19(9-10(14)21)12-16-11(15-2)17-13(18-12)20-7-5-4-6-8-20/h3-9H2,1-2H3,(H2,14,21)(H,15,16,17,18). The number of amides is 1. The van der Waals surface area contributed by atoms with Gasteiger partial charge in [-0.25, -0.2) is 0 Å². The van der Waals surface area contributed by atoms with Crippen LogP contribution in [-0.2, 0) is 4.79 Å². The van der Waals surface area contributed by atoms with Crippen molar-refractivity contribution in [2.24, 2.45) is 5.73 Å². The van der Waals surface area contributed by atoms with Crippen molar-refractivity contribution >= 4 is 23.8 Å². The highest BCUT2D eigenvalue weighted by Crippen LogP contribution is 2.19. The largest absolute Gasteiger partial charge is 0.368 e. The Labute approximate surface area is 124 Å². The topological polar surface area (TPSA) is 100 Å². The van der Waals surface area contributed by atoms with Crippen molar-refractivity contribution < 1.29 is 4.79 Å². The SMILES string of the molecule is CCN(CC(N)=O)c1nc(NC)nc(N2CCCCC2)n1. The van der Waals surface area contributed by atoms with Crippen molar-refractivity contribution in [3.05, 3.63) is 0 Å². The fourth-order valence-electron chi connectivity index (χ4n) is 2.35. The number of hydrogen-bond donors (Lipinski definition) is 2. The van der Waals surface area contributed by atoms with Gasteiger partial charge >= 0.3 is 0 Å². The van der Waals surface area contributed by atoms with Crippen LogP contribution in [-0.4, -0.2) is 54.1 Å². The van der Waals surface area contributed by atoms with Crippen molar-refractivity contribution in [1.82, 2.24) is 15.0 Å². The summed E-state index contributed by atoms with van der Waals surface area (Å²) in [7, 11) is 1.77. The van der Waals surface area contributed by atoms with Crippen molar-refractivity contribution in [2.75, 3.05) is 48.3 Å². The Morgan fingerprint density at radius 1 is 1.29 bits per heavy atom. The minimum absolute atomic E-state index is 0.100. The molecule has 116 valence electrons. The minimum Gasteiger partial charge on any atom is -0.368 e. The third kappa shape index (κ3) is 3.93. The Morgan fingerprint density at radius 3 is 2.57 bits per heavy atom. The lowest BCUT2D eigenvalue weighted by Gasteiger charge is -2.28. The zero-order valence-corrected chi connectivity index (χ0v) is 12.7. The van der Waals surface area contributed by atoms with Gasteiger partial charge in [0.05, 0.1) is 6.54 Å². The molecule has 0 radical (unpaired) electrons. The summed E-state index contributed by atoms with van der Waals surface area (Å²) in [5, 5.41) is 2.95. The third-order valence-corrected chi connectivity index (χ3v) is 3.49. The summed E-state index contributed by atoms with van der Waals surface area (Å²) in [6.45, 7) is 4.55. The van der Waals surface area contributed by atoms with Crippen molar-refractivity contribution in [1.29, 1.82) is 0 Å². The lowest BCUT2D eigenvalue weighted by molar-refractivity contribution is -0.116. The Morgan fingerprint density at radius 2 is 2.00 bits per heavy atom. The first-order valence-electron chi connectivity index (χ1n) is 7.36. The summed E-state index contributed by atoms with van der Waals surface area (Å²) in [5.74, 6) is 1.24. The zero-order valence-electron chi connectivity index (χ0n) is 12.7. The number of nitrogens with one attached hydrogen (secondary N) is 1. The molecule has 0 aliphatic carbocycles. The number of nitrogens with two attached hydrogens (primary N) is 1. The van der Waals surface area contributed by atoms with Gasteiger partial charge in [0, 0.05) is 26.7 Å². The van der Waals surface area contributed by atoms with Crippen LogP contribution in [0.2, 0.25) is 0 Å². The van der Waals surface area contributed by atoms with Gasteiger partial charge in [0.25, 0.3) is 0 Å². The maximum absolute atomic E-state index is 11.2. The average molecular weight is 293 g/mol. The molecule has 0 bridgehead atoms. The van der Waals surface area contributed by atoms with E-state index < -0.39 is 5.91 Å². The van der Waals surface area contributed by atoms with Gasteiger partial charge in [0.1, 0.15) is 0 Å². The van der Waals surface area contributed by atoms with Gasteiger partial charge in [-0.1, -0.05) is 0 Å². The molecule has 8 heteroatoms. The van der Waals surface area contributed by atoms with E-state index in [2.05, 4.69) is 25.2 Å². The molecule has 0 unspecified atom stereocenters. The van der Waals surface area contributed by atoms with E-state index in [0.717, 1.165) is 25.9 Å². The van der Waals surface area contributed by atoms with Gasteiger partial charge in [-0.05, 0) is 26.2 Å². The van der Waals surface area contributed by atoms with Crippen LogP contribution in [0.5, 0.6) is 0 Å². The molecule has 3 N–H and O–H groups in total. The molecule has 0 atom stereocenters. The van der Waals surface area contributed by atoms with E-state index in [9.17, 15) is 4.79 Å². The normalized spacial score (nSPS) is 14.9. The van der Waals surface area contributed by atoms with Gasteiger partial charge in [-0.2, -0.15) is 15.0 Å². The molecule has 1 amide bonds. The highest BCUT2D eigenvalue weighted by molar-refractivity contribution is 5.78. The van der Waals surface area contributed by atoms with Crippen LogP contribution in [0.1, 0.15) is 26.2 Å². The number of carbonyl (C=O) groups is 1. The number of rotatable bonds is 6. The quantitative estimate of drug-likeness (QED) is 0.773. The van der Waals surface area contributed by atoms with Crippen molar-refractivity contribution in [3.8, 4) is 0 Å². The van der Waals surface area contributed by atoms with Crippen LogP contribution in [0.15, 0.2) is 0 Å². The Bertz CT molecular complexity index is 487. The fraction of sp³-hybridized carbons (Fsp3) is 0.692. The molecular weight excluding hydrogens is 270 g/mol. The van der Waals surface area contributed by atoms with Gasteiger partial charge in [0.2, 0.25) is 23.8 Å². The van der Waals surface area contributed by atoms with Crippen LogP contribution in [0, 0.1) is 0 Å². The number of carbonyl (C=O) groups excluding carboxylic acids is 1. The molecule has 0 aromatic carbocycles. The molecule has 0 saturated carbocycles. The number of likely N-dealkylation sites (N-methyl/N-ethyl adjacent to an activating group) is 1. The monoisotopic (exact) mass is 293 g/mol. The second-order valence-electron chi connectivity index (χ2n) is 5.04. The lowest BCUT2D eigenvalue weighted by Crippen LogP contribution is -2.36. The highest BCUT2D eigenvalue weighted by Gasteiger charge is 2.18. The second kappa shape index (κ2) is 7.05. The molecule has 8 nitrogen and oxygen atoms in total. The first kappa shape index (κ1) is 15.3. The number of hydrogen-bond acceptors (Lipinski definition) is 7. The Hall–Kier alpha value is -2.12. The molecule has 1 aliphatic heterocycles. The number of aromatic nitrogens is 3. The van der Waals surface area contributed by atoms with Crippen LogP contribution in [0.4, 0.5) is 17.8 Å². The zero-order chi connectivity index (χ0) is 15.2. The third-order valence-electron chi connectivity index (χ3n) is 3.49. The molecule has 1 fully saturated rings. The molecular formula is C13H23N7O. The molecule has 1 saturated heterocycles. The maximum Gasteiger partial charge on any atom is 0.237 e. The van der Waals surface area contributed by atoms with Gasteiger partial charge in [-0.3, -0.25) is 4.79 Å². The van der Waals surface area contributed by atoms with Crippen LogP contribution < -0.4 is 20.9 Å². The fourth-order valence-corrected chi connectivity index (χ4v) is 2.35. The van der Waals surface area contributed by atoms with E-state index in [-0.39, 0.29) is 6.54 Å². The summed E-state index contributed by atoms with van der Waals surface area (Å²) in [6.07, 6.45) is 3.54. The number of nitrogens with zero attached hydrogens (tertiary/aromatic N) is 5. The number of primary amides is 1. The van der Waals surface area contributed by atoms with E-state index in [0.29, 0.717) is 24.4 Å². The van der Waals surface area contributed by atoms with E-state index >= 15 is 0 Å². The number of piperidine rings is 1. The van der Waals surface area contributed by atoms with Gasteiger partial charge in [-0.15, -0.1) is 0 Å². The maximum atomic E-state index is 11.2. The van der Waals surface area contributed by atoms with E-state index in [1.807, 2.05) is 6.92 Å². The molecule has 1 aromatic heterocycles. The summed E-state index contributed by atoms with van der Waals surface area (Å²) >= 11 is 0. The summed E-state index contributed by atoms with van der Waals surface area (Å²) in [6, 6.07) is 0. The first-order valence-corrected chi connectivity index (χ1v) is 7.36. The van der Waals surface area contributed by atoms with Crippen LogP contribution in [0.25, 0.3) is 0 Å². The summed E-state index contributed by atoms with van der Waals surface area (Å²) in [5.41, 5.74) is 5.28. The van der Waals surface area contributed by atoms with E-state index in [1.54, 1.807) is 11.9 Å². The number of anilines is 3. The molecule has 1 aliphatic rings. The average Bonchev–Trinajstić information content (AvgIpc) is 2.52. The predicted molar refractivity (Wildman–Crippen MR) is 82.5 cm³/mol. The van der Waals surface area contributed by atoms with Gasteiger partial charge in [0.15, 0.2) is 0 Å². The molecule has 1 aromatic rings. The Balaban J connectivity index is 2.29. The van der Waals surface area contributed by atoms with Crippen molar-refractivity contribution in [2.45, 2.75) is 26.2 Å². The van der Waals surface area contributed by atoms with Crippen molar-refractivity contribution in [3.63, 3.8) is 0 Å². The molecule has 0 spiro atoms. The first-order chi connectivity index (χ1) is 10.1. The predicted octanol–water partition coefficient (Wildman–Crippen LogP) is 0.215. The Kier molecular flexibility index (Phi) is 5.13. The smallest absolute Gasteiger partial charge is 0.237 e. The molecule has 2 heterocycles. The lowest BCUT2D eigenvalue weighted by atomic mass is 10.1. The minimum atomic E-state index is -0.400. The van der Waals surface area contributed by atoms with Crippen LogP contribution >= 0.6 is 0 Å². The van der Waals surface area contributed by atoms with E-state index in [4.69, 9.17) is 5.73 Å². The second-order valence-corrected chi connectivity index (χ2v) is 5.04. The summed E-state index contributed by atoms with van der Waals surface area (Å²) in [4.78, 5) is 28.3. The highest BCUT2D eigenvalue weighted by atomic mass is 16.1. The van der Waals surface area contributed by atoms with E-state index in [1.165, 1.54) is 6.42 Å². The molecule has 2 rings (SSSR count). The van der Waals surface area contributed by atoms with Crippen LogP contribution in [0.3, 0.4) is 0 Å². The van der Waals surface area contributed by atoms with Gasteiger partial charge < -0.3 is 20.9 Å². The summed E-state index contributed by atoms with van der Waals surface area (Å²) < 4.78 is 0.